The second kappa shape index (κ2) is 3.14. The highest BCUT2D eigenvalue weighted by atomic mass is 32.2. The van der Waals surface area contributed by atoms with Crippen LogP contribution in [0.1, 0.15) is 25.2 Å². The van der Waals surface area contributed by atoms with Crippen molar-refractivity contribution in [2.45, 2.75) is 38.1 Å². The summed E-state index contributed by atoms with van der Waals surface area (Å²) in [4.78, 5) is 6.73. The number of aromatic amines is 1. The van der Waals surface area contributed by atoms with Gasteiger partial charge in [0, 0.05) is 5.69 Å². The van der Waals surface area contributed by atoms with E-state index < -0.39 is 15.1 Å². The van der Waals surface area contributed by atoms with Crippen LogP contribution in [0.5, 0.6) is 0 Å². The summed E-state index contributed by atoms with van der Waals surface area (Å²) in [5.41, 5.74) is 1.54. The van der Waals surface area contributed by atoms with Crippen LogP contribution in [0.15, 0.2) is 5.16 Å². The topological polar surface area (TPSA) is 62.8 Å². The Morgan fingerprint density at radius 2 is 1.85 bits per heavy atom. The van der Waals surface area contributed by atoms with Gasteiger partial charge in [-0.25, -0.2) is 13.4 Å². The number of hydrogen-bond acceptors (Lipinski definition) is 3. The standard InChI is InChI=1S/C8H14N2O2S/c1-5(2)13(11,12)8-9-6(3)7(4)10-8/h5H,1-4H3,(H,9,10). The number of sulfone groups is 1. The Morgan fingerprint density at radius 1 is 1.31 bits per heavy atom. The molecule has 0 amide bonds. The van der Waals surface area contributed by atoms with Crippen LogP contribution in [0.25, 0.3) is 0 Å². The lowest BCUT2D eigenvalue weighted by Gasteiger charge is -2.02. The number of imidazole rings is 1. The third kappa shape index (κ3) is 1.75. The molecule has 1 rings (SSSR count). The zero-order valence-corrected chi connectivity index (χ0v) is 9.07. The van der Waals surface area contributed by atoms with Gasteiger partial charge in [0.1, 0.15) is 0 Å². The lowest BCUT2D eigenvalue weighted by molar-refractivity contribution is 0.579. The van der Waals surface area contributed by atoms with Crippen LogP contribution in [0.3, 0.4) is 0 Å². The Kier molecular flexibility index (Phi) is 2.47. The van der Waals surface area contributed by atoms with Crippen LogP contribution in [0.4, 0.5) is 0 Å². The average molecular weight is 202 g/mol. The van der Waals surface area contributed by atoms with Crippen LogP contribution in [0.2, 0.25) is 0 Å². The molecule has 74 valence electrons. The average Bonchev–Trinajstić information content (AvgIpc) is 2.32. The maximum Gasteiger partial charge on any atom is 0.225 e. The Balaban J connectivity index is 3.24. The van der Waals surface area contributed by atoms with E-state index in [4.69, 9.17) is 0 Å². The molecule has 1 heterocycles. The van der Waals surface area contributed by atoms with Gasteiger partial charge >= 0.3 is 0 Å². The van der Waals surface area contributed by atoms with Crippen LogP contribution >= 0.6 is 0 Å². The van der Waals surface area contributed by atoms with E-state index in [-0.39, 0.29) is 5.16 Å². The third-order valence-electron chi connectivity index (χ3n) is 2.00. The SMILES string of the molecule is Cc1nc(S(=O)(=O)C(C)C)[nH]c1C. The van der Waals surface area contributed by atoms with Crippen molar-refractivity contribution in [3.05, 3.63) is 11.4 Å². The van der Waals surface area contributed by atoms with Crippen molar-refractivity contribution < 1.29 is 8.42 Å². The molecule has 1 aromatic heterocycles. The number of aryl methyl sites for hydroxylation is 2. The molecule has 0 radical (unpaired) electrons. The molecule has 0 atom stereocenters. The molecular formula is C8H14N2O2S. The lowest BCUT2D eigenvalue weighted by Crippen LogP contribution is -2.15. The number of nitrogens with zero attached hydrogens (tertiary/aromatic N) is 1. The summed E-state index contributed by atoms with van der Waals surface area (Å²) in [6.45, 7) is 6.87. The second-order valence-corrected chi connectivity index (χ2v) is 5.77. The first kappa shape index (κ1) is 10.2. The van der Waals surface area contributed by atoms with Gasteiger partial charge in [-0.1, -0.05) is 0 Å². The van der Waals surface area contributed by atoms with E-state index in [0.29, 0.717) is 0 Å². The Hall–Kier alpha value is -0.840. The summed E-state index contributed by atoms with van der Waals surface area (Å²) >= 11 is 0. The van der Waals surface area contributed by atoms with E-state index in [1.807, 2.05) is 6.92 Å². The summed E-state index contributed by atoms with van der Waals surface area (Å²) < 4.78 is 23.2. The molecule has 0 bridgehead atoms. The number of H-pyrrole nitrogens is 1. The van der Waals surface area contributed by atoms with Gasteiger partial charge in [-0.05, 0) is 27.7 Å². The predicted molar refractivity (Wildman–Crippen MR) is 50.4 cm³/mol. The Morgan fingerprint density at radius 3 is 2.15 bits per heavy atom. The van der Waals surface area contributed by atoms with Gasteiger partial charge in [-0.15, -0.1) is 0 Å². The molecule has 13 heavy (non-hydrogen) atoms. The molecule has 0 aromatic carbocycles. The van der Waals surface area contributed by atoms with Crippen molar-refractivity contribution in [2.75, 3.05) is 0 Å². The third-order valence-corrected chi connectivity index (χ3v) is 3.97. The van der Waals surface area contributed by atoms with Crippen molar-refractivity contribution in [2.24, 2.45) is 0 Å². The van der Waals surface area contributed by atoms with Crippen LogP contribution in [0, 0.1) is 13.8 Å². The highest BCUT2D eigenvalue weighted by molar-refractivity contribution is 7.91. The van der Waals surface area contributed by atoms with Crippen molar-refractivity contribution in [3.8, 4) is 0 Å². The molecule has 5 heteroatoms. The quantitative estimate of drug-likeness (QED) is 0.784. The largest absolute Gasteiger partial charge is 0.333 e. The van der Waals surface area contributed by atoms with Crippen molar-refractivity contribution >= 4 is 9.84 Å². The highest BCUT2D eigenvalue weighted by Crippen LogP contribution is 2.13. The van der Waals surface area contributed by atoms with Gasteiger partial charge in [0.15, 0.2) is 0 Å². The molecule has 0 aliphatic carbocycles. The smallest absolute Gasteiger partial charge is 0.225 e. The summed E-state index contributed by atoms with van der Waals surface area (Å²) in [7, 11) is -3.25. The summed E-state index contributed by atoms with van der Waals surface area (Å²) in [5, 5.41) is -0.352. The van der Waals surface area contributed by atoms with Gasteiger partial charge in [0.2, 0.25) is 15.0 Å². The monoisotopic (exact) mass is 202 g/mol. The van der Waals surface area contributed by atoms with E-state index in [2.05, 4.69) is 9.97 Å². The van der Waals surface area contributed by atoms with Crippen molar-refractivity contribution in [1.82, 2.24) is 9.97 Å². The minimum absolute atomic E-state index is 0.0810. The number of rotatable bonds is 2. The van der Waals surface area contributed by atoms with E-state index in [1.54, 1.807) is 20.8 Å². The van der Waals surface area contributed by atoms with Crippen LogP contribution in [-0.4, -0.2) is 23.6 Å². The highest BCUT2D eigenvalue weighted by Gasteiger charge is 2.22. The molecule has 1 N–H and O–H groups in total. The fourth-order valence-electron chi connectivity index (χ4n) is 0.873. The van der Waals surface area contributed by atoms with Crippen LogP contribution in [-0.2, 0) is 9.84 Å². The van der Waals surface area contributed by atoms with Gasteiger partial charge in [-0.2, -0.15) is 0 Å². The molecule has 0 unspecified atom stereocenters. The number of nitrogens with one attached hydrogen (secondary N) is 1. The van der Waals surface area contributed by atoms with Gasteiger partial charge in [0.05, 0.1) is 10.9 Å². The van der Waals surface area contributed by atoms with E-state index in [0.717, 1.165) is 11.4 Å². The second-order valence-electron chi connectivity index (χ2n) is 3.35. The normalized spacial score (nSPS) is 12.4. The maximum atomic E-state index is 11.6. The molecule has 0 fully saturated rings. The Bertz CT molecular complexity index is 384. The molecule has 0 aliphatic rings. The van der Waals surface area contributed by atoms with Crippen molar-refractivity contribution in [1.29, 1.82) is 0 Å². The fourth-order valence-corrected chi connectivity index (χ4v) is 1.88. The van der Waals surface area contributed by atoms with Gasteiger partial charge < -0.3 is 4.98 Å². The number of aromatic nitrogens is 2. The summed E-state index contributed by atoms with van der Waals surface area (Å²) in [5.74, 6) is 0. The van der Waals surface area contributed by atoms with E-state index in [9.17, 15) is 8.42 Å². The lowest BCUT2D eigenvalue weighted by atomic mass is 10.4. The Labute approximate surface area is 78.3 Å². The first-order valence-corrected chi connectivity index (χ1v) is 5.67. The minimum Gasteiger partial charge on any atom is -0.333 e. The molecule has 0 saturated carbocycles. The summed E-state index contributed by atoms with van der Waals surface area (Å²) in [6, 6.07) is 0. The first-order valence-electron chi connectivity index (χ1n) is 4.13. The summed E-state index contributed by atoms with van der Waals surface area (Å²) in [6.07, 6.45) is 0. The molecule has 0 aliphatic heterocycles. The molecular weight excluding hydrogens is 188 g/mol. The number of hydrogen-bond donors (Lipinski definition) is 1. The molecule has 0 spiro atoms. The zero-order chi connectivity index (χ0) is 10.2. The van der Waals surface area contributed by atoms with Crippen molar-refractivity contribution in [3.63, 3.8) is 0 Å². The van der Waals surface area contributed by atoms with Gasteiger partial charge in [0.25, 0.3) is 0 Å². The molecule has 1 aromatic rings. The first-order chi connectivity index (χ1) is 5.85. The molecule has 0 saturated heterocycles. The maximum absolute atomic E-state index is 11.6. The molecule has 4 nitrogen and oxygen atoms in total. The van der Waals surface area contributed by atoms with E-state index >= 15 is 0 Å². The predicted octanol–water partition coefficient (Wildman–Crippen LogP) is 1.21. The zero-order valence-electron chi connectivity index (χ0n) is 8.25. The van der Waals surface area contributed by atoms with E-state index in [1.165, 1.54) is 0 Å². The van der Waals surface area contributed by atoms with Crippen LogP contribution < -0.4 is 0 Å². The minimum atomic E-state index is -3.25. The fraction of sp³-hybridized carbons (Fsp3) is 0.625. The van der Waals surface area contributed by atoms with Gasteiger partial charge in [-0.3, -0.25) is 0 Å².